The summed E-state index contributed by atoms with van der Waals surface area (Å²) in [7, 11) is 1.86. The Hall–Kier alpha value is -1.55. The number of carbonyl (C=O) groups excluding carboxylic acids is 1. The van der Waals surface area contributed by atoms with E-state index in [9.17, 15) is 4.79 Å². The number of nitrogens with one attached hydrogen (secondary N) is 1. The molecule has 18 heavy (non-hydrogen) atoms. The van der Waals surface area contributed by atoms with E-state index in [0.717, 1.165) is 29.7 Å². The molecule has 0 radical (unpaired) electrons. The molecule has 1 unspecified atom stereocenters. The zero-order valence-electron chi connectivity index (χ0n) is 11.7. The van der Waals surface area contributed by atoms with E-state index >= 15 is 0 Å². The highest BCUT2D eigenvalue weighted by Gasteiger charge is 2.18. The molecule has 0 heterocycles. The average molecular weight is 249 g/mol. The van der Waals surface area contributed by atoms with Crippen LogP contribution in [0.3, 0.4) is 0 Å². The van der Waals surface area contributed by atoms with Gasteiger partial charge in [0.2, 0.25) is 0 Å². The molecule has 1 aromatic rings. The zero-order chi connectivity index (χ0) is 13.7. The molecule has 4 nitrogen and oxygen atoms in total. The molecule has 0 bridgehead atoms. The van der Waals surface area contributed by atoms with Gasteiger partial charge in [0.25, 0.3) is 5.91 Å². The summed E-state index contributed by atoms with van der Waals surface area (Å²) in [5.74, 6) is 5.41. The second-order valence-corrected chi connectivity index (χ2v) is 4.73. The van der Waals surface area contributed by atoms with Crippen LogP contribution in [0, 0.1) is 6.92 Å². The minimum Gasteiger partial charge on any atom is -0.339 e. The largest absolute Gasteiger partial charge is 0.339 e. The first kappa shape index (κ1) is 14.5. The summed E-state index contributed by atoms with van der Waals surface area (Å²) in [5, 5.41) is 0. The van der Waals surface area contributed by atoms with E-state index in [1.165, 1.54) is 0 Å². The van der Waals surface area contributed by atoms with E-state index in [2.05, 4.69) is 19.3 Å². The van der Waals surface area contributed by atoms with Crippen molar-refractivity contribution < 1.29 is 4.79 Å². The molecule has 0 saturated heterocycles. The van der Waals surface area contributed by atoms with Crippen LogP contribution in [0.2, 0.25) is 0 Å². The Morgan fingerprint density at radius 1 is 1.50 bits per heavy atom. The van der Waals surface area contributed by atoms with Crippen molar-refractivity contribution in [2.45, 2.75) is 39.7 Å². The van der Waals surface area contributed by atoms with Crippen molar-refractivity contribution in [2.75, 3.05) is 12.5 Å². The number of aryl methyl sites for hydroxylation is 1. The molecule has 0 saturated carbocycles. The van der Waals surface area contributed by atoms with Crippen molar-refractivity contribution >= 4 is 11.6 Å². The first-order valence-corrected chi connectivity index (χ1v) is 6.35. The van der Waals surface area contributed by atoms with Crippen molar-refractivity contribution in [1.29, 1.82) is 0 Å². The minimum absolute atomic E-state index is 0.0667. The highest BCUT2D eigenvalue weighted by Crippen LogP contribution is 2.17. The standard InChI is InChI=1S/C14H23N3O/c1-5-6-11(3)17(4)14(18)13-8-7-12(16-15)9-10(13)2/h7-9,11,16H,5-6,15H2,1-4H3. The Bertz CT molecular complexity index is 418. The zero-order valence-corrected chi connectivity index (χ0v) is 11.7. The van der Waals surface area contributed by atoms with E-state index in [1.807, 2.05) is 32.2 Å². The smallest absolute Gasteiger partial charge is 0.254 e. The van der Waals surface area contributed by atoms with Crippen LogP contribution in [0.15, 0.2) is 18.2 Å². The van der Waals surface area contributed by atoms with Crippen LogP contribution in [-0.2, 0) is 0 Å². The molecule has 0 aliphatic carbocycles. The maximum absolute atomic E-state index is 12.4. The average Bonchev–Trinajstić information content (AvgIpc) is 2.37. The Kier molecular flexibility index (Phi) is 5.16. The molecule has 0 aromatic heterocycles. The molecule has 1 amide bonds. The van der Waals surface area contributed by atoms with Crippen LogP contribution in [0.4, 0.5) is 5.69 Å². The number of hydrazine groups is 1. The molecule has 0 aliphatic heterocycles. The molecular formula is C14H23N3O. The lowest BCUT2D eigenvalue weighted by molar-refractivity contribution is 0.0736. The Labute approximate surface area is 109 Å². The fourth-order valence-corrected chi connectivity index (χ4v) is 1.99. The number of carbonyl (C=O) groups is 1. The number of anilines is 1. The van der Waals surface area contributed by atoms with Crippen LogP contribution in [0.25, 0.3) is 0 Å². The molecule has 1 aromatic carbocycles. The van der Waals surface area contributed by atoms with Crippen molar-refractivity contribution in [2.24, 2.45) is 5.84 Å². The van der Waals surface area contributed by atoms with Gasteiger partial charge in [-0.3, -0.25) is 10.6 Å². The topological polar surface area (TPSA) is 58.4 Å². The van der Waals surface area contributed by atoms with Crippen molar-refractivity contribution in [3.63, 3.8) is 0 Å². The van der Waals surface area contributed by atoms with Gasteiger partial charge in [0.1, 0.15) is 0 Å². The minimum atomic E-state index is 0.0667. The highest BCUT2D eigenvalue weighted by molar-refractivity contribution is 5.96. The molecule has 1 atom stereocenters. The lowest BCUT2D eigenvalue weighted by Gasteiger charge is -2.25. The summed E-state index contributed by atoms with van der Waals surface area (Å²) in [4.78, 5) is 14.2. The van der Waals surface area contributed by atoms with E-state index < -0.39 is 0 Å². The fraction of sp³-hybridized carbons (Fsp3) is 0.500. The molecule has 0 fully saturated rings. The quantitative estimate of drug-likeness (QED) is 0.623. The van der Waals surface area contributed by atoms with Crippen molar-refractivity contribution in [3.05, 3.63) is 29.3 Å². The Morgan fingerprint density at radius 2 is 2.17 bits per heavy atom. The Morgan fingerprint density at radius 3 is 2.67 bits per heavy atom. The summed E-state index contributed by atoms with van der Waals surface area (Å²) in [6.45, 7) is 6.13. The van der Waals surface area contributed by atoms with Gasteiger partial charge in [-0.2, -0.15) is 0 Å². The first-order chi connectivity index (χ1) is 8.51. The van der Waals surface area contributed by atoms with Crippen LogP contribution >= 0.6 is 0 Å². The molecule has 1 rings (SSSR count). The SMILES string of the molecule is CCCC(C)N(C)C(=O)c1ccc(NN)cc1C. The number of rotatable bonds is 5. The van der Waals surface area contributed by atoms with Gasteiger partial charge in [-0.25, -0.2) is 0 Å². The van der Waals surface area contributed by atoms with Crippen LogP contribution in [0.1, 0.15) is 42.6 Å². The van der Waals surface area contributed by atoms with Crippen LogP contribution < -0.4 is 11.3 Å². The number of nitrogens with two attached hydrogens (primary N) is 1. The van der Waals surface area contributed by atoms with Gasteiger partial charge in [0.15, 0.2) is 0 Å². The monoisotopic (exact) mass is 249 g/mol. The number of nitrogens with zero attached hydrogens (tertiary/aromatic N) is 1. The third-order valence-electron chi connectivity index (χ3n) is 3.31. The third-order valence-corrected chi connectivity index (χ3v) is 3.31. The summed E-state index contributed by atoms with van der Waals surface area (Å²) >= 11 is 0. The number of hydrogen-bond acceptors (Lipinski definition) is 3. The second-order valence-electron chi connectivity index (χ2n) is 4.73. The molecule has 4 heteroatoms. The van der Waals surface area contributed by atoms with Gasteiger partial charge in [0.05, 0.1) is 0 Å². The predicted molar refractivity (Wildman–Crippen MR) is 75.5 cm³/mol. The van der Waals surface area contributed by atoms with E-state index in [-0.39, 0.29) is 11.9 Å². The van der Waals surface area contributed by atoms with Gasteiger partial charge in [-0.05, 0) is 44.0 Å². The second kappa shape index (κ2) is 6.40. The number of benzene rings is 1. The van der Waals surface area contributed by atoms with Crippen LogP contribution in [0.5, 0.6) is 0 Å². The Balaban J connectivity index is 2.90. The highest BCUT2D eigenvalue weighted by atomic mass is 16.2. The third kappa shape index (κ3) is 3.23. The lowest BCUT2D eigenvalue weighted by Crippen LogP contribution is -2.35. The van der Waals surface area contributed by atoms with Gasteiger partial charge in [0, 0.05) is 24.3 Å². The first-order valence-electron chi connectivity index (χ1n) is 6.35. The molecule has 3 N–H and O–H groups in total. The fourth-order valence-electron chi connectivity index (χ4n) is 1.99. The maximum Gasteiger partial charge on any atom is 0.254 e. The summed E-state index contributed by atoms with van der Waals surface area (Å²) in [5.41, 5.74) is 5.07. The van der Waals surface area contributed by atoms with Gasteiger partial charge in [-0.15, -0.1) is 0 Å². The molecule has 0 spiro atoms. The van der Waals surface area contributed by atoms with Crippen LogP contribution in [-0.4, -0.2) is 23.9 Å². The normalized spacial score (nSPS) is 12.1. The number of hydrogen-bond donors (Lipinski definition) is 2. The molecule has 100 valence electrons. The molecule has 0 aliphatic rings. The summed E-state index contributed by atoms with van der Waals surface area (Å²) in [6, 6.07) is 5.78. The number of amides is 1. The van der Waals surface area contributed by atoms with Gasteiger partial charge >= 0.3 is 0 Å². The van der Waals surface area contributed by atoms with E-state index in [0.29, 0.717) is 0 Å². The van der Waals surface area contributed by atoms with Crippen molar-refractivity contribution in [1.82, 2.24) is 4.90 Å². The van der Waals surface area contributed by atoms with Gasteiger partial charge in [-0.1, -0.05) is 13.3 Å². The lowest BCUT2D eigenvalue weighted by atomic mass is 10.1. The van der Waals surface area contributed by atoms with E-state index in [4.69, 9.17) is 5.84 Å². The van der Waals surface area contributed by atoms with E-state index in [1.54, 1.807) is 4.90 Å². The summed E-state index contributed by atoms with van der Waals surface area (Å²) in [6.07, 6.45) is 2.09. The van der Waals surface area contributed by atoms with Crippen molar-refractivity contribution in [3.8, 4) is 0 Å². The maximum atomic E-state index is 12.4. The molecular weight excluding hydrogens is 226 g/mol. The predicted octanol–water partition coefficient (Wildman–Crippen LogP) is 2.54. The van der Waals surface area contributed by atoms with Gasteiger partial charge < -0.3 is 10.3 Å². The summed E-state index contributed by atoms with van der Waals surface area (Å²) < 4.78 is 0. The number of nitrogen functional groups attached to an aromatic ring is 1.